The van der Waals surface area contributed by atoms with Crippen molar-refractivity contribution in [1.29, 1.82) is 0 Å². The monoisotopic (exact) mass is 306 g/mol. The van der Waals surface area contributed by atoms with E-state index in [0.717, 1.165) is 24.5 Å². The molecule has 2 aromatic carbocycles. The summed E-state index contributed by atoms with van der Waals surface area (Å²) in [6.07, 6.45) is 9.40. The predicted molar refractivity (Wildman–Crippen MR) is 97.4 cm³/mol. The quantitative estimate of drug-likeness (QED) is 0.625. The van der Waals surface area contributed by atoms with Gasteiger partial charge >= 0.3 is 0 Å². The fourth-order valence-corrected chi connectivity index (χ4v) is 3.78. The first-order chi connectivity index (χ1) is 11.3. The fraction of sp³-hybridized carbons (Fsp3) is 0.364. The van der Waals surface area contributed by atoms with E-state index in [4.69, 9.17) is 4.74 Å². The average molecular weight is 306 g/mol. The van der Waals surface area contributed by atoms with Crippen LogP contribution in [0.1, 0.15) is 53.9 Å². The van der Waals surface area contributed by atoms with Crippen LogP contribution in [-0.4, -0.2) is 7.11 Å². The number of methoxy groups -OCH3 is 1. The third kappa shape index (κ3) is 3.67. The Balaban J connectivity index is 1.94. The minimum absolute atomic E-state index is 0.744. The number of benzene rings is 2. The van der Waals surface area contributed by atoms with Gasteiger partial charge in [0.25, 0.3) is 0 Å². The van der Waals surface area contributed by atoms with Gasteiger partial charge in [-0.2, -0.15) is 0 Å². The largest absolute Gasteiger partial charge is 0.497 e. The molecule has 1 aliphatic carbocycles. The summed E-state index contributed by atoms with van der Waals surface area (Å²) in [5.41, 5.74) is 5.86. The van der Waals surface area contributed by atoms with Crippen molar-refractivity contribution in [3.05, 3.63) is 77.4 Å². The molecule has 0 saturated heterocycles. The van der Waals surface area contributed by atoms with E-state index < -0.39 is 0 Å². The maximum absolute atomic E-state index is 5.27. The summed E-state index contributed by atoms with van der Waals surface area (Å²) in [6.45, 7) is 3.94. The van der Waals surface area contributed by atoms with Crippen LogP contribution in [-0.2, 0) is 12.8 Å². The van der Waals surface area contributed by atoms with Crippen LogP contribution in [0, 0.1) is 0 Å². The normalized spacial score (nSPS) is 14.8. The zero-order valence-electron chi connectivity index (χ0n) is 14.1. The van der Waals surface area contributed by atoms with Crippen molar-refractivity contribution < 1.29 is 4.74 Å². The van der Waals surface area contributed by atoms with Crippen LogP contribution in [0.15, 0.2) is 55.1 Å². The Morgan fingerprint density at radius 3 is 2.48 bits per heavy atom. The first kappa shape index (κ1) is 15.9. The van der Waals surface area contributed by atoms with Crippen LogP contribution in [0.5, 0.6) is 5.75 Å². The van der Waals surface area contributed by atoms with Gasteiger partial charge in [0.2, 0.25) is 0 Å². The molecule has 0 N–H and O–H groups in total. The highest BCUT2D eigenvalue weighted by Crippen LogP contribution is 2.37. The standard InChI is InChI=1S/C22H26O/c1-3-7-18-10-6-11-21(19-8-4-5-9-19)22(18)16-17-12-14-20(23-2)15-13-17/h3,6,10-15,19H,1,4-5,7-9,16H2,2H3. The molecule has 3 rings (SSSR count). The number of rotatable bonds is 6. The molecule has 0 unspecified atom stereocenters. The molecule has 0 aromatic heterocycles. The molecule has 1 heteroatoms. The van der Waals surface area contributed by atoms with Gasteiger partial charge in [0.05, 0.1) is 7.11 Å². The summed E-state index contributed by atoms with van der Waals surface area (Å²) in [5.74, 6) is 1.66. The van der Waals surface area contributed by atoms with Gasteiger partial charge < -0.3 is 4.74 Å². The Morgan fingerprint density at radius 2 is 1.83 bits per heavy atom. The van der Waals surface area contributed by atoms with Crippen LogP contribution in [0.3, 0.4) is 0 Å². The summed E-state index contributed by atoms with van der Waals surface area (Å²) in [6, 6.07) is 15.3. The summed E-state index contributed by atoms with van der Waals surface area (Å²) < 4.78 is 5.27. The van der Waals surface area contributed by atoms with Crippen LogP contribution in [0.4, 0.5) is 0 Å². The van der Waals surface area contributed by atoms with Gasteiger partial charge in [-0.15, -0.1) is 6.58 Å². The molecule has 23 heavy (non-hydrogen) atoms. The Hall–Kier alpha value is -2.02. The van der Waals surface area contributed by atoms with Crippen LogP contribution >= 0.6 is 0 Å². The Bertz CT molecular complexity index is 648. The highest BCUT2D eigenvalue weighted by molar-refractivity contribution is 5.43. The molecule has 0 spiro atoms. The first-order valence-corrected chi connectivity index (χ1v) is 8.66. The molecule has 1 fully saturated rings. The third-order valence-electron chi connectivity index (χ3n) is 5.01. The van der Waals surface area contributed by atoms with Crippen molar-refractivity contribution in [3.8, 4) is 5.75 Å². The lowest BCUT2D eigenvalue weighted by Crippen LogP contribution is -2.04. The van der Waals surface area contributed by atoms with Gasteiger partial charge in [-0.25, -0.2) is 0 Å². The van der Waals surface area contributed by atoms with Crippen molar-refractivity contribution in [2.75, 3.05) is 7.11 Å². The second-order valence-electron chi connectivity index (χ2n) is 6.48. The van der Waals surface area contributed by atoms with Gasteiger partial charge in [0, 0.05) is 0 Å². The molecule has 0 bridgehead atoms. The van der Waals surface area contributed by atoms with Crippen LogP contribution in [0.2, 0.25) is 0 Å². The number of hydrogen-bond donors (Lipinski definition) is 0. The zero-order valence-corrected chi connectivity index (χ0v) is 14.1. The van der Waals surface area contributed by atoms with Gasteiger partial charge in [-0.05, 0) is 66.0 Å². The zero-order chi connectivity index (χ0) is 16.1. The Labute approximate surface area is 140 Å². The van der Waals surface area contributed by atoms with Crippen LogP contribution < -0.4 is 4.74 Å². The van der Waals surface area contributed by atoms with E-state index in [9.17, 15) is 0 Å². The topological polar surface area (TPSA) is 9.23 Å². The highest BCUT2D eigenvalue weighted by atomic mass is 16.5. The van der Waals surface area contributed by atoms with E-state index in [2.05, 4.69) is 49.0 Å². The molecular weight excluding hydrogens is 280 g/mol. The first-order valence-electron chi connectivity index (χ1n) is 8.66. The smallest absolute Gasteiger partial charge is 0.118 e. The van der Waals surface area contributed by atoms with Crippen molar-refractivity contribution in [2.45, 2.75) is 44.4 Å². The molecule has 0 heterocycles. The SMILES string of the molecule is C=CCc1cccc(C2CCCC2)c1Cc1ccc(OC)cc1. The lowest BCUT2D eigenvalue weighted by molar-refractivity contribution is 0.414. The second-order valence-corrected chi connectivity index (χ2v) is 6.48. The molecular formula is C22H26O. The molecule has 1 aliphatic rings. The van der Waals surface area contributed by atoms with Crippen LogP contribution in [0.25, 0.3) is 0 Å². The highest BCUT2D eigenvalue weighted by Gasteiger charge is 2.21. The minimum atomic E-state index is 0.744. The molecule has 0 aliphatic heterocycles. The Morgan fingerprint density at radius 1 is 1.09 bits per heavy atom. The van der Waals surface area contributed by atoms with E-state index in [1.165, 1.54) is 42.4 Å². The van der Waals surface area contributed by atoms with Gasteiger partial charge in [-0.1, -0.05) is 49.2 Å². The average Bonchev–Trinajstić information content (AvgIpc) is 3.11. The summed E-state index contributed by atoms with van der Waals surface area (Å²) in [7, 11) is 1.71. The number of hydrogen-bond acceptors (Lipinski definition) is 1. The van der Waals surface area contributed by atoms with Crippen molar-refractivity contribution in [2.24, 2.45) is 0 Å². The molecule has 2 aromatic rings. The Kier molecular flexibility index (Phi) is 5.17. The summed E-state index contributed by atoms with van der Waals surface area (Å²) >= 11 is 0. The maximum Gasteiger partial charge on any atom is 0.118 e. The fourth-order valence-electron chi connectivity index (χ4n) is 3.78. The van der Waals surface area contributed by atoms with Crippen molar-refractivity contribution in [1.82, 2.24) is 0 Å². The van der Waals surface area contributed by atoms with E-state index >= 15 is 0 Å². The molecule has 120 valence electrons. The number of ether oxygens (including phenoxy) is 1. The predicted octanol–water partition coefficient (Wildman–Crippen LogP) is 5.67. The van der Waals surface area contributed by atoms with Gasteiger partial charge in [0.15, 0.2) is 0 Å². The summed E-state index contributed by atoms with van der Waals surface area (Å²) in [4.78, 5) is 0. The van der Waals surface area contributed by atoms with Crippen molar-refractivity contribution >= 4 is 0 Å². The second kappa shape index (κ2) is 7.50. The molecule has 0 radical (unpaired) electrons. The van der Waals surface area contributed by atoms with Gasteiger partial charge in [0.1, 0.15) is 5.75 Å². The minimum Gasteiger partial charge on any atom is -0.497 e. The summed E-state index contributed by atoms with van der Waals surface area (Å²) in [5, 5.41) is 0. The van der Waals surface area contributed by atoms with Gasteiger partial charge in [-0.3, -0.25) is 0 Å². The maximum atomic E-state index is 5.27. The molecule has 0 atom stereocenters. The third-order valence-corrected chi connectivity index (χ3v) is 5.01. The molecule has 1 saturated carbocycles. The lowest BCUT2D eigenvalue weighted by Gasteiger charge is -2.19. The molecule has 0 amide bonds. The van der Waals surface area contributed by atoms with E-state index in [1.54, 1.807) is 12.7 Å². The number of allylic oxidation sites excluding steroid dienone is 1. The van der Waals surface area contributed by atoms with E-state index in [-0.39, 0.29) is 0 Å². The van der Waals surface area contributed by atoms with E-state index in [0.29, 0.717) is 0 Å². The molecule has 1 nitrogen and oxygen atoms in total. The van der Waals surface area contributed by atoms with E-state index in [1.807, 2.05) is 6.08 Å². The lowest BCUT2D eigenvalue weighted by atomic mass is 9.86. The van der Waals surface area contributed by atoms with Crippen molar-refractivity contribution in [3.63, 3.8) is 0 Å².